The van der Waals surface area contributed by atoms with Crippen LogP contribution in [0, 0.1) is 5.82 Å². The number of pyridine rings is 3. The van der Waals surface area contributed by atoms with Crippen LogP contribution in [0.3, 0.4) is 0 Å². The first kappa shape index (κ1) is 22.6. The molecular weight excluding hydrogens is 471 g/mol. The number of fused-ring (bicyclic) bond motifs is 2. The molecule has 1 aromatic carbocycles. The molecule has 0 spiro atoms. The second kappa shape index (κ2) is 8.98. The fourth-order valence-corrected chi connectivity index (χ4v) is 4.32. The van der Waals surface area contributed by atoms with Gasteiger partial charge in [-0.1, -0.05) is 0 Å². The Hall–Kier alpha value is -4.86. The van der Waals surface area contributed by atoms with Gasteiger partial charge in [0.1, 0.15) is 17.1 Å². The molecule has 10 heteroatoms. The third-order valence-corrected chi connectivity index (χ3v) is 5.93. The van der Waals surface area contributed by atoms with E-state index >= 15 is 0 Å². The molecule has 0 saturated heterocycles. The third kappa shape index (κ3) is 4.22. The van der Waals surface area contributed by atoms with Crippen LogP contribution in [-0.2, 0) is 0 Å². The highest BCUT2D eigenvalue weighted by Gasteiger charge is 2.18. The van der Waals surface area contributed by atoms with E-state index in [1.165, 1.54) is 19.2 Å². The second-order valence-corrected chi connectivity index (χ2v) is 8.95. The monoisotopic (exact) mass is 494 g/mol. The van der Waals surface area contributed by atoms with E-state index in [0.29, 0.717) is 39.5 Å². The topological polar surface area (TPSA) is 117 Å². The van der Waals surface area contributed by atoms with Crippen LogP contribution >= 0.6 is 0 Å². The van der Waals surface area contributed by atoms with Crippen molar-refractivity contribution >= 4 is 27.9 Å². The van der Waals surface area contributed by atoms with Gasteiger partial charge < -0.3 is 15.0 Å². The summed E-state index contributed by atoms with van der Waals surface area (Å²) in [4.78, 5) is 21.6. The fourth-order valence-electron chi connectivity index (χ4n) is 4.32. The minimum Gasteiger partial charge on any atom is -0.497 e. The highest BCUT2D eigenvalue weighted by molar-refractivity contribution is 5.95. The molecule has 0 saturated carbocycles. The molecule has 37 heavy (non-hydrogen) atoms. The van der Waals surface area contributed by atoms with Crippen LogP contribution in [0.25, 0.3) is 56.1 Å². The standard InChI is InChI=1S/C27H23FN8O/c1-14(2)31-18-9-16(12-29-13-18)21-4-5-22-24(32-21)25(36-35-22)27-33-23-20(6-7-30-26(23)34-27)15-8-17(28)11-19(10-15)37-3/h4-14,31H,1-3H3,(H,35,36)(H,30,33,34). The Morgan fingerprint density at radius 1 is 1.00 bits per heavy atom. The van der Waals surface area contributed by atoms with Crippen molar-refractivity contribution in [2.45, 2.75) is 19.9 Å². The molecule has 0 radical (unpaired) electrons. The van der Waals surface area contributed by atoms with Crippen molar-refractivity contribution in [1.29, 1.82) is 0 Å². The maximum atomic E-state index is 14.2. The van der Waals surface area contributed by atoms with E-state index in [4.69, 9.17) is 9.72 Å². The number of imidazole rings is 1. The van der Waals surface area contributed by atoms with E-state index in [0.717, 1.165) is 28.0 Å². The van der Waals surface area contributed by atoms with Gasteiger partial charge >= 0.3 is 0 Å². The van der Waals surface area contributed by atoms with E-state index in [9.17, 15) is 4.39 Å². The minimum absolute atomic E-state index is 0.285. The van der Waals surface area contributed by atoms with Crippen LogP contribution in [-0.4, -0.2) is 48.3 Å². The third-order valence-electron chi connectivity index (χ3n) is 5.93. The van der Waals surface area contributed by atoms with Crippen LogP contribution in [0.15, 0.2) is 61.1 Å². The molecule has 0 aliphatic carbocycles. The number of anilines is 1. The number of H-pyrrole nitrogens is 2. The van der Waals surface area contributed by atoms with Gasteiger partial charge in [-0.25, -0.2) is 19.3 Å². The lowest BCUT2D eigenvalue weighted by Crippen LogP contribution is -2.09. The number of nitrogens with one attached hydrogen (secondary N) is 3. The lowest BCUT2D eigenvalue weighted by Gasteiger charge is -2.10. The maximum Gasteiger partial charge on any atom is 0.178 e. The van der Waals surface area contributed by atoms with E-state index in [2.05, 4.69) is 49.3 Å². The van der Waals surface area contributed by atoms with Crippen LogP contribution in [0.5, 0.6) is 5.75 Å². The van der Waals surface area contributed by atoms with Gasteiger partial charge in [0.15, 0.2) is 17.2 Å². The molecule has 5 aromatic heterocycles. The highest BCUT2D eigenvalue weighted by atomic mass is 19.1. The molecule has 0 atom stereocenters. The number of rotatable bonds is 6. The Morgan fingerprint density at radius 2 is 1.89 bits per heavy atom. The average molecular weight is 495 g/mol. The fraction of sp³-hybridized carbons (Fsp3) is 0.148. The number of aromatic amines is 2. The summed E-state index contributed by atoms with van der Waals surface area (Å²) in [5.74, 6) is 0.538. The number of halogens is 1. The van der Waals surface area contributed by atoms with Crippen molar-refractivity contribution in [2.24, 2.45) is 0 Å². The predicted molar refractivity (Wildman–Crippen MR) is 141 cm³/mol. The highest BCUT2D eigenvalue weighted by Crippen LogP contribution is 2.33. The summed E-state index contributed by atoms with van der Waals surface area (Å²) in [6.45, 7) is 4.15. The molecule has 0 aliphatic rings. The average Bonchev–Trinajstić information content (AvgIpc) is 3.51. The first-order chi connectivity index (χ1) is 18.0. The van der Waals surface area contributed by atoms with Crippen molar-refractivity contribution in [3.8, 4) is 39.7 Å². The van der Waals surface area contributed by atoms with E-state index in [-0.39, 0.29) is 6.04 Å². The lowest BCUT2D eigenvalue weighted by atomic mass is 10.1. The maximum absolute atomic E-state index is 14.2. The molecule has 5 heterocycles. The van der Waals surface area contributed by atoms with Crippen molar-refractivity contribution in [1.82, 2.24) is 35.1 Å². The van der Waals surface area contributed by atoms with Gasteiger partial charge in [0.2, 0.25) is 0 Å². The Labute approximate surface area is 211 Å². The Bertz CT molecular complexity index is 1760. The number of hydrogen-bond acceptors (Lipinski definition) is 7. The normalized spacial score (nSPS) is 11.5. The number of aromatic nitrogens is 7. The molecule has 3 N–H and O–H groups in total. The molecule has 0 fully saturated rings. The zero-order chi connectivity index (χ0) is 25.5. The summed E-state index contributed by atoms with van der Waals surface area (Å²) >= 11 is 0. The molecule has 184 valence electrons. The summed E-state index contributed by atoms with van der Waals surface area (Å²) in [5, 5.41) is 10.9. The first-order valence-corrected chi connectivity index (χ1v) is 11.8. The number of ether oxygens (including phenoxy) is 1. The summed E-state index contributed by atoms with van der Waals surface area (Å²) < 4.78 is 19.5. The molecule has 0 aliphatic heterocycles. The second-order valence-electron chi connectivity index (χ2n) is 8.95. The zero-order valence-electron chi connectivity index (χ0n) is 20.4. The van der Waals surface area contributed by atoms with E-state index in [1.54, 1.807) is 24.7 Å². The molecule has 0 unspecified atom stereocenters. The largest absolute Gasteiger partial charge is 0.497 e. The Morgan fingerprint density at radius 3 is 2.73 bits per heavy atom. The number of methoxy groups -OCH3 is 1. The van der Waals surface area contributed by atoms with Crippen molar-refractivity contribution in [2.75, 3.05) is 12.4 Å². The molecule has 0 amide bonds. The quantitative estimate of drug-likeness (QED) is 0.276. The van der Waals surface area contributed by atoms with Gasteiger partial charge in [0.05, 0.1) is 29.5 Å². The van der Waals surface area contributed by atoms with Gasteiger partial charge in [0, 0.05) is 41.8 Å². The van der Waals surface area contributed by atoms with Gasteiger partial charge in [-0.05, 0) is 55.8 Å². The van der Waals surface area contributed by atoms with Crippen molar-refractivity contribution in [3.63, 3.8) is 0 Å². The first-order valence-electron chi connectivity index (χ1n) is 11.8. The molecule has 9 nitrogen and oxygen atoms in total. The van der Waals surface area contributed by atoms with Crippen LogP contribution in [0.2, 0.25) is 0 Å². The van der Waals surface area contributed by atoms with Gasteiger partial charge in [-0.15, -0.1) is 0 Å². The molecule has 6 rings (SSSR count). The molecular formula is C27H23FN8O. The minimum atomic E-state index is -0.392. The SMILES string of the molecule is COc1cc(F)cc(-c2ccnc3nc(-c4n[nH]c5ccc(-c6cncc(NC(C)C)c6)nc45)[nH]c23)c1. The summed E-state index contributed by atoms with van der Waals surface area (Å²) in [5.41, 5.74) is 7.09. The number of hydrogen-bond donors (Lipinski definition) is 3. The van der Waals surface area contributed by atoms with Crippen molar-refractivity contribution in [3.05, 3.63) is 66.9 Å². The smallest absolute Gasteiger partial charge is 0.178 e. The summed E-state index contributed by atoms with van der Waals surface area (Å²) in [6, 6.07) is 12.5. The van der Waals surface area contributed by atoms with Crippen LogP contribution in [0.4, 0.5) is 10.1 Å². The van der Waals surface area contributed by atoms with Gasteiger partial charge in [0.25, 0.3) is 0 Å². The van der Waals surface area contributed by atoms with Crippen LogP contribution < -0.4 is 10.1 Å². The van der Waals surface area contributed by atoms with Crippen LogP contribution in [0.1, 0.15) is 13.8 Å². The molecule has 6 aromatic rings. The Balaban J connectivity index is 1.45. The summed E-state index contributed by atoms with van der Waals surface area (Å²) in [7, 11) is 1.51. The van der Waals surface area contributed by atoms with Gasteiger partial charge in [-0.2, -0.15) is 5.10 Å². The Kier molecular flexibility index (Phi) is 5.48. The zero-order valence-corrected chi connectivity index (χ0v) is 20.4. The van der Waals surface area contributed by atoms with Gasteiger partial charge in [-0.3, -0.25) is 10.1 Å². The van der Waals surface area contributed by atoms with E-state index < -0.39 is 5.82 Å². The molecule has 0 bridgehead atoms. The van der Waals surface area contributed by atoms with E-state index in [1.807, 2.05) is 24.3 Å². The number of nitrogens with zero attached hydrogens (tertiary/aromatic N) is 5. The summed E-state index contributed by atoms with van der Waals surface area (Å²) in [6.07, 6.45) is 5.21. The number of benzene rings is 1. The lowest BCUT2D eigenvalue weighted by molar-refractivity contribution is 0.411. The van der Waals surface area contributed by atoms with Crippen molar-refractivity contribution < 1.29 is 9.13 Å². The predicted octanol–water partition coefficient (Wildman–Crippen LogP) is 5.59.